The Balaban J connectivity index is 2.11. The maximum Gasteiger partial charge on any atom is 0.255 e. The fourth-order valence-corrected chi connectivity index (χ4v) is 2.15. The van der Waals surface area contributed by atoms with Gasteiger partial charge in [0.1, 0.15) is 11.0 Å². The number of carbonyl (C=O) groups is 1. The number of benzene rings is 1. The molecule has 0 spiro atoms. The number of nitrogens with one attached hydrogen (secondary N) is 1. The standard InChI is InChI=1S/C15H16ClN3O2/c16-13-8-11(9-14(17)19-13)15(21)18-12-5-1-3-10(7-12)4-2-6-20/h1,3,5,7-9,20H,2,4,6H2,(H2,17,19)(H,18,21). The maximum absolute atomic E-state index is 12.2. The van der Waals surface area contributed by atoms with Crippen LogP contribution < -0.4 is 11.1 Å². The van der Waals surface area contributed by atoms with Crippen LogP contribution in [0.4, 0.5) is 11.5 Å². The van der Waals surface area contributed by atoms with E-state index in [4.69, 9.17) is 22.4 Å². The highest BCUT2D eigenvalue weighted by Gasteiger charge is 2.09. The molecule has 1 aromatic carbocycles. The normalized spacial score (nSPS) is 10.4. The average molecular weight is 306 g/mol. The third-order valence-corrected chi connectivity index (χ3v) is 3.08. The molecule has 0 radical (unpaired) electrons. The lowest BCUT2D eigenvalue weighted by atomic mass is 10.1. The molecule has 1 heterocycles. The summed E-state index contributed by atoms with van der Waals surface area (Å²) in [5.74, 6) is -0.102. The lowest BCUT2D eigenvalue weighted by molar-refractivity contribution is 0.102. The first-order chi connectivity index (χ1) is 10.1. The van der Waals surface area contributed by atoms with E-state index in [9.17, 15) is 4.79 Å². The summed E-state index contributed by atoms with van der Waals surface area (Å²) in [5.41, 5.74) is 7.66. The second-order valence-electron chi connectivity index (χ2n) is 4.59. The second-order valence-corrected chi connectivity index (χ2v) is 4.97. The molecule has 2 aromatic rings. The number of nitrogen functional groups attached to an aromatic ring is 1. The van der Waals surface area contributed by atoms with Crippen LogP contribution >= 0.6 is 11.6 Å². The van der Waals surface area contributed by atoms with Gasteiger partial charge < -0.3 is 16.2 Å². The van der Waals surface area contributed by atoms with Crippen molar-refractivity contribution in [2.45, 2.75) is 12.8 Å². The van der Waals surface area contributed by atoms with Gasteiger partial charge in [-0.15, -0.1) is 0 Å². The molecule has 21 heavy (non-hydrogen) atoms. The summed E-state index contributed by atoms with van der Waals surface area (Å²) in [5, 5.41) is 11.8. The molecule has 1 aromatic heterocycles. The van der Waals surface area contributed by atoms with Crippen molar-refractivity contribution in [2.75, 3.05) is 17.7 Å². The third kappa shape index (κ3) is 4.44. The molecule has 0 fully saturated rings. The molecule has 6 heteroatoms. The Labute approximate surface area is 127 Å². The van der Waals surface area contributed by atoms with Crippen LogP contribution in [0, 0.1) is 0 Å². The van der Waals surface area contributed by atoms with E-state index >= 15 is 0 Å². The first kappa shape index (κ1) is 15.3. The van der Waals surface area contributed by atoms with Crippen molar-refractivity contribution in [3.05, 3.63) is 52.7 Å². The van der Waals surface area contributed by atoms with E-state index in [2.05, 4.69) is 10.3 Å². The molecular weight excluding hydrogens is 290 g/mol. The van der Waals surface area contributed by atoms with Crippen molar-refractivity contribution in [3.8, 4) is 0 Å². The zero-order chi connectivity index (χ0) is 15.2. The van der Waals surface area contributed by atoms with Gasteiger partial charge in [-0.05, 0) is 42.7 Å². The Morgan fingerprint density at radius 1 is 1.33 bits per heavy atom. The lowest BCUT2D eigenvalue weighted by Crippen LogP contribution is -2.13. The number of aliphatic hydroxyl groups excluding tert-OH is 1. The molecule has 0 aliphatic carbocycles. The first-order valence-corrected chi connectivity index (χ1v) is 6.90. The molecule has 110 valence electrons. The highest BCUT2D eigenvalue weighted by molar-refractivity contribution is 6.30. The molecule has 0 aliphatic heterocycles. The van der Waals surface area contributed by atoms with Gasteiger partial charge in [0.2, 0.25) is 0 Å². The van der Waals surface area contributed by atoms with Crippen LogP contribution in [0.3, 0.4) is 0 Å². The van der Waals surface area contributed by atoms with Crippen molar-refractivity contribution >= 4 is 29.0 Å². The average Bonchev–Trinajstić information content (AvgIpc) is 2.44. The molecule has 1 amide bonds. The molecule has 0 saturated carbocycles. The number of pyridine rings is 1. The van der Waals surface area contributed by atoms with E-state index in [1.165, 1.54) is 12.1 Å². The van der Waals surface area contributed by atoms with Crippen molar-refractivity contribution in [1.82, 2.24) is 4.98 Å². The van der Waals surface area contributed by atoms with Crippen LogP contribution in [-0.2, 0) is 6.42 Å². The molecule has 5 nitrogen and oxygen atoms in total. The van der Waals surface area contributed by atoms with Gasteiger partial charge in [0.05, 0.1) is 0 Å². The van der Waals surface area contributed by atoms with Crippen molar-refractivity contribution in [1.29, 1.82) is 0 Å². The van der Waals surface area contributed by atoms with Crippen LogP contribution in [-0.4, -0.2) is 22.6 Å². The first-order valence-electron chi connectivity index (χ1n) is 6.52. The van der Waals surface area contributed by atoms with Gasteiger partial charge in [-0.3, -0.25) is 4.79 Å². The van der Waals surface area contributed by atoms with Gasteiger partial charge in [0.15, 0.2) is 0 Å². The molecule has 0 saturated heterocycles. The number of amides is 1. The molecular formula is C15H16ClN3O2. The Hall–Kier alpha value is -2.11. The van der Waals surface area contributed by atoms with Gasteiger partial charge in [0, 0.05) is 17.9 Å². The minimum absolute atomic E-state index is 0.144. The number of hydrogen-bond acceptors (Lipinski definition) is 4. The van der Waals surface area contributed by atoms with E-state index in [0.29, 0.717) is 17.7 Å². The highest BCUT2D eigenvalue weighted by Crippen LogP contribution is 2.16. The number of aromatic nitrogens is 1. The van der Waals surface area contributed by atoms with E-state index in [1.54, 1.807) is 6.07 Å². The molecule has 0 aliphatic rings. The predicted octanol–water partition coefficient (Wildman–Crippen LogP) is 2.49. The molecule has 0 unspecified atom stereocenters. The number of aliphatic hydroxyl groups is 1. The minimum Gasteiger partial charge on any atom is -0.396 e. The molecule has 0 bridgehead atoms. The highest BCUT2D eigenvalue weighted by atomic mass is 35.5. The topological polar surface area (TPSA) is 88.2 Å². The number of rotatable bonds is 5. The summed E-state index contributed by atoms with van der Waals surface area (Å²) in [4.78, 5) is 16.0. The van der Waals surface area contributed by atoms with Crippen molar-refractivity contribution < 1.29 is 9.90 Å². The summed E-state index contributed by atoms with van der Waals surface area (Å²) < 4.78 is 0. The number of nitrogens with two attached hydrogens (primary N) is 1. The number of halogens is 1. The molecule has 2 rings (SSSR count). The lowest BCUT2D eigenvalue weighted by Gasteiger charge is -2.08. The van der Waals surface area contributed by atoms with E-state index < -0.39 is 0 Å². The summed E-state index contributed by atoms with van der Waals surface area (Å²) in [7, 11) is 0. The van der Waals surface area contributed by atoms with Crippen LogP contribution in [0.5, 0.6) is 0 Å². The number of aryl methyl sites for hydroxylation is 1. The third-order valence-electron chi connectivity index (χ3n) is 2.88. The number of carbonyl (C=O) groups excluding carboxylic acids is 1. The van der Waals surface area contributed by atoms with Gasteiger partial charge in [-0.1, -0.05) is 23.7 Å². The maximum atomic E-state index is 12.2. The van der Waals surface area contributed by atoms with Gasteiger partial charge in [-0.25, -0.2) is 4.98 Å². The largest absolute Gasteiger partial charge is 0.396 e. The Morgan fingerprint density at radius 3 is 2.86 bits per heavy atom. The van der Waals surface area contributed by atoms with Crippen LogP contribution in [0.2, 0.25) is 5.15 Å². The smallest absolute Gasteiger partial charge is 0.255 e. The zero-order valence-electron chi connectivity index (χ0n) is 11.3. The van der Waals surface area contributed by atoms with Gasteiger partial charge in [0.25, 0.3) is 5.91 Å². The fourth-order valence-electron chi connectivity index (χ4n) is 1.94. The molecule has 0 atom stereocenters. The Morgan fingerprint density at radius 2 is 2.14 bits per heavy atom. The quantitative estimate of drug-likeness (QED) is 0.741. The van der Waals surface area contributed by atoms with E-state index in [-0.39, 0.29) is 23.5 Å². The predicted molar refractivity (Wildman–Crippen MR) is 83.5 cm³/mol. The summed E-state index contributed by atoms with van der Waals surface area (Å²) in [6.07, 6.45) is 1.45. The molecule has 4 N–H and O–H groups in total. The second kappa shape index (κ2) is 7.06. The zero-order valence-corrected chi connectivity index (χ0v) is 12.1. The monoisotopic (exact) mass is 305 g/mol. The Bertz CT molecular complexity index is 626. The fraction of sp³-hybridized carbons (Fsp3) is 0.200. The van der Waals surface area contributed by atoms with Crippen LogP contribution in [0.1, 0.15) is 22.3 Å². The summed E-state index contributed by atoms with van der Waals surface area (Å²) in [6.45, 7) is 0.144. The van der Waals surface area contributed by atoms with Gasteiger partial charge in [-0.2, -0.15) is 0 Å². The minimum atomic E-state index is -0.301. The van der Waals surface area contributed by atoms with Crippen LogP contribution in [0.25, 0.3) is 0 Å². The van der Waals surface area contributed by atoms with Crippen molar-refractivity contribution in [3.63, 3.8) is 0 Å². The number of nitrogens with zero attached hydrogens (tertiary/aromatic N) is 1. The summed E-state index contributed by atoms with van der Waals surface area (Å²) >= 11 is 5.78. The van der Waals surface area contributed by atoms with Crippen LogP contribution in [0.15, 0.2) is 36.4 Å². The SMILES string of the molecule is Nc1cc(C(=O)Nc2cccc(CCCO)c2)cc(Cl)n1. The van der Waals surface area contributed by atoms with Crippen molar-refractivity contribution in [2.24, 2.45) is 0 Å². The van der Waals surface area contributed by atoms with Gasteiger partial charge >= 0.3 is 0 Å². The Kier molecular flexibility index (Phi) is 5.14. The summed E-state index contributed by atoms with van der Waals surface area (Å²) in [6, 6.07) is 10.4. The number of anilines is 2. The number of hydrogen-bond donors (Lipinski definition) is 3. The van der Waals surface area contributed by atoms with E-state index in [0.717, 1.165) is 12.0 Å². The van der Waals surface area contributed by atoms with E-state index in [1.807, 2.05) is 18.2 Å².